The third-order valence-corrected chi connectivity index (χ3v) is 3.54. The van der Waals surface area contributed by atoms with Gasteiger partial charge in [-0.1, -0.05) is 25.1 Å². The maximum absolute atomic E-state index is 11.3. The Morgan fingerprint density at radius 2 is 2.24 bits per heavy atom. The van der Waals surface area contributed by atoms with Crippen molar-refractivity contribution in [1.82, 2.24) is 15.2 Å². The van der Waals surface area contributed by atoms with Gasteiger partial charge in [-0.2, -0.15) is 0 Å². The second-order valence-corrected chi connectivity index (χ2v) is 5.07. The molecule has 1 aromatic carbocycles. The highest BCUT2D eigenvalue weighted by Crippen LogP contribution is 2.28. The minimum absolute atomic E-state index is 0.0150. The van der Waals surface area contributed by atoms with Crippen LogP contribution in [-0.2, 0) is 11.2 Å². The average molecular weight is 304 g/mol. The molecule has 0 bridgehead atoms. The van der Waals surface area contributed by atoms with Crippen LogP contribution in [0.5, 0.6) is 5.75 Å². The number of thioether (sulfide) groups is 1. The number of aryl methyl sites for hydroxylation is 1. The number of rotatable bonds is 6. The molecule has 0 saturated carbocycles. The van der Waals surface area contributed by atoms with E-state index in [0.29, 0.717) is 28.7 Å². The summed E-state index contributed by atoms with van der Waals surface area (Å²) in [5.74, 6) is 0.00216. The molecule has 0 aliphatic rings. The molecule has 7 heteroatoms. The van der Waals surface area contributed by atoms with Crippen molar-refractivity contribution in [2.45, 2.75) is 18.5 Å². The normalized spacial score (nSPS) is 11.4. The van der Waals surface area contributed by atoms with E-state index in [2.05, 4.69) is 15.2 Å². The van der Waals surface area contributed by atoms with Gasteiger partial charge < -0.3 is 14.6 Å². The summed E-state index contributed by atoms with van der Waals surface area (Å²) >= 11 is 0.937. The van der Waals surface area contributed by atoms with Crippen molar-refractivity contribution in [2.75, 3.05) is 7.11 Å². The van der Waals surface area contributed by atoms with E-state index in [1.165, 1.54) is 13.2 Å². The lowest BCUT2D eigenvalue weighted by Crippen LogP contribution is -2.23. The Labute approximate surface area is 126 Å². The van der Waals surface area contributed by atoms with Gasteiger partial charge in [-0.15, -0.1) is 5.10 Å². The van der Waals surface area contributed by atoms with Crippen LogP contribution in [0.3, 0.4) is 0 Å². The zero-order valence-corrected chi connectivity index (χ0v) is 12.4. The maximum atomic E-state index is 11.3. The summed E-state index contributed by atoms with van der Waals surface area (Å²) in [5.41, 5.74) is 0.651. The van der Waals surface area contributed by atoms with Crippen LogP contribution in [0, 0.1) is 0 Å². The van der Waals surface area contributed by atoms with Crippen LogP contribution in [0.2, 0.25) is 0 Å². The maximum Gasteiger partial charge on any atom is 0.213 e. The standard InChI is InChI=1S/C14H15N3O3S/c1-3-12-15-14(17-16-12)21-11(13(18)19)8-9-6-4-5-7-10(9)20-2/h4-8H,3H2,1-2H3,(H,18,19)(H,15,16,17)/p-1/b11-8-. The zero-order valence-electron chi connectivity index (χ0n) is 11.6. The van der Waals surface area contributed by atoms with Gasteiger partial charge in [0, 0.05) is 16.9 Å². The summed E-state index contributed by atoms with van der Waals surface area (Å²) in [5, 5.41) is 18.3. The highest BCUT2D eigenvalue weighted by Gasteiger charge is 2.09. The van der Waals surface area contributed by atoms with Gasteiger partial charge in [0.15, 0.2) is 0 Å². The number of aromatic nitrogens is 3. The minimum atomic E-state index is -1.28. The number of benzene rings is 1. The Bertz CT molecular complexity index is 667. The van der Waals surface area contributed by atoms with Crippen molar-refractivity contribution in [3.05, 3.63) is 40.6 Å². The first-order chi connectivity index (χ1) is 10.1. The highest BCUT2D eigenvalue weighted by atomic mass is 32.2. The van der Waals surface area contributed by atoms with Crippen molar-refractivity contribution in [3.63, 3.8) is 0 Å². The molecule has 0 aliphatic carbocycles. The molecule has 0 saturated heterocycles. The Hall–Kier alpha value is -2.28. The molecule has 1 N–H and O–H groups in total. The van der Waals surface area contributed by atoms with Gasteiger partial charge in [0.2, 0.25) is 5.16 Å². The quantitative estimate of drug-likeness (QED) is 0.638. The molecule has 2 aromatic rings. The number of H-pyrrole nitrogens is 1. The van der Waals surface area contributed by atoms with Gasteiger partial charge in [0.25, 0.3) is 0 Å². The molecule has 0 fully saturated rings. The Morgan fingerprint density at radius 1 is 1.48 bits per heavy atom. The molecule has 0 radical (unpaired) electrons. The van der Waals surface area contributed by atoms with Crippen LogP contribution >= 0.6 is 11.8 Å². The first-order valence-electron chi connectivity index (χ1n) is 6.29. The van der Waals surface area contributed by atoms with Crippen LogP contribution in [0.15, 0.2) is 34.3 Å². The number of carbonyl (C=O) groups excluding carboxylic acids is 1. The van der Waals surface area contributed by atoms with E-state index in [-0.39, 0.29) is 4.91 Å². The van der Waals surface area contributed by atoms with Crippen molar-refractivity contribution in [1.29, 1.82) is 0 Å². The zero-order chi connectivity index (χ0) is 15.2. The molecule has 0 spiro atoms. The third-order valence-electron chi connectivity index (χ3n) is 2.67. The molecular formula is C14H14N3O3S-. The molecule has 1 aromatic heterocycles. The molecule has 110 valence electrons. The van der Waals surface area contributed by atoms with E-state index in [1.807, 2.05) is 13.0 Å². The van der Waals surface area contributed by atoms with Crippen LogP contribution in [0.1, 0.15) is 18.3 Å². The van der Waals surface area contributed by atoms with Crippen LogP contribution in [-0.4, -0.2) is 28.3 Å². The highest BCUT2D eigenvalue weighted by molar-refractivity contribution is 8.04. The Balaban J connectivity index is 2.30. The van der Waals surface area contributed by atoms with E-state index in [1.54, 1.807) is 18.2 Å². The number of nitrogens with zero attached hydrogens (tertiary/aromatic N) is 2. The van der Waals surface area contributed by atoms with Gasteiger partial charge in [0.1, 0.15) is 11.6 Å². The average Bonchev–Trinajstić information content (AvgIpc) is 2.94. The first kappa shape index (κ1) is 15.1. The number of carboxylic acid groups (broad SMARTS) is 1. The summed E-state index contributed by atoms with van der Waals surface area (Å²) < 4.78 is 5.19. The number of hydrogen-bond acceptors (Lipinski definition) is 6. The van der Waals surface area contributed by atoms with E-state index in [0.717, 1.165) is 11.8 Å². The fourth-order valence-corrected chi connectivity index (χ4v) is 2.35. The predicted octanol–water partition coefficient (Wildman–Crippen LogP) is 1.26. The number of aromatic amines is 1. The van der Waals surface area contributed by atoms with Gasteiger partial charge in [-0.05, 0) is 23.9 Å². The second kappa shape index (κ2) is 6.94. The summed E-state index contributed by atoms with van der Waals surface area (Å²) in [6.07, 6.45) is 2.19. The Morgan fingerprint density at radius 3 is 2.86 bits per heavy atom. The van der Waals surface area contributed by atoms with Gasteiger partial charge in [-0.3, -0.25) is 5.10 Å². The summed E-state index contributed by atoms with van der Waals surface area (Å²) in [4.78, 5) is 15.5. The summed E-state index contributed by atoms with van der Waals surface area (Å²) in [6.45, 7) is 1.93. The van der Waals surface area contributed by atoms with E-state index in [9.17, 15) is 9.90 Å². The van der Waals surface area contributed by atoms with Gasteiger partial charge in [0.05, 0.1) is 13.1 Å². The second-order valence-electron chi connectivity index (χ2n) is 4.06. The third kappa shape index (κ3) is 3.85. The molecule has 0 amide bonds. The molecule has 6 nitrogen and oxygen atoms in total. The van der Waals surface area contributed by atoms with E-state index in [4.69, 9.17) is 4.74 Å². The smallest absolute Gasteiger partial charge is 0.213 e. The monoisotopic (exact) mass is 304 g/mol. The van der Waals surface area contributed by atoms with Crippen LogP contribution < -0.4 is 9.84 Å². The van der Waals surface area contributed by atoms with Crippen LogP contribution in [0.4, 0.5) is 0 Å². The number of para-hydroxylation sites is 1. The number of hydrogen-bond donors (Lipinski definition) is 1. The number of ether oxygens (including phenoxy) is 1. The Kier molecular flexibility index (Phi) is 4.99. The number of methoxy groups -OCH3 is 1. The minimum Gasteiger partial charge on any atom is -0.544 e. The molecule has 0 atom stereocenters. The van der Waals surface area contributed by atoms with Gasteiger partial charge >= 0.3 is 0 Å². The predicted molar refractivity (Wildman–Crippen MR) is 77.6 cm³/mol. The molecule has 1 heterocycles. The largest absolute Gasteiger partial charge is 0.544 e. The lowest BCUT2D eigenvalue weighted by atomic mass is 10.2. The van der Waals surface area contributed by atoms with E-state index < -0.39 is 5.97 Å². The number of aliphatic carboxylic acids is 1. The molecule has 0 aliphatic heterocycles. The van der Waals surface area contributed by atoms with Crippen molar-refractivity contribution < 1.29 is 14.6 Å². The summed E-state index contributed by atoms with van der Waals surface area (Å²) in [7, 11) is 1.53. The lowest BCUT2D eigenvalue weighted by Gasteiger charge is -2.08. The first-order valence-corrected chi connectivity index (χ1v) is 7.11. The van der Waals surface area contributed by atoms with Gasteiger partial charge in [-0.25, -0.2) is 4.98 Å². The lowest BCUT2D eigenvalue weighted by molar-refractivity contribution is -0.297. The fourth-order valence-electron chi connectivity index (χ4n) is 1.64. The fraction of sp³-hybridized carbons (Fsp3) is 0.214. The molecule has 2 rings (SSSR count). The molecule has 21 heavy (non-hydrogen) atoms. The van der Waals surface area contributed by atoms with Crippen LogP contribution in [0.25, 0.3) is 6.08 Å². The summed E-state index contributed by atoms with van der Waals surface area (Å²) in [6, 6.07) is 7.13. The molecule has 0 unspecified atom stereocenters. The number of nitrogens with one attached hydrogen (secondary N) is 1. The van der Waals surface area contributed by atoms with Crippen molar-refractivity contribution in [3.8, 4) is 5.75 Å². The molecular weight excluding hydrogens is 290 g/mol. The number of carbonyl (C=O) groups is 1. The SMILES string of the molecule is CCc1nc(S/C(=C\c2ccccc2OC)C(=O)[O-])n[nH]1. The number of carboxylic acids is 1. The van der Waals surface area contributed by atoms with Crippen molar-refractivity contribution >= 4 is 23.8 Å². The van der Waals surface area contributed by atoms with Crippen molar-refractivity contribution in [2.24, 2.45) is 0 Å². The van der Waals surface area contributed by atoms with E-state index >= 15 is 0 Å². The topological polar surface area (TPSA) is 90.9 Å².